The number of carbonyl (C=O) groups is 1. The zero-order valence-electron chi connectivity index (χ0n) is 10.3. The average Bonchev–Trinajstić information content (AvgIpc) is 2.39. The number of nitrogens with zero attached hydrogens (tertiary/aromatic N) is 1. The standard InChI is InChI=1S/C13H14ClIN2O/c1-3-13(4-2,8-16)17-12(18)9-5-6-11(15)10(14)7-9/h5-7H,3-4H2,1-2H3,(H,17,18). The first-order valence-corrected chi connectivity index (χ1v) is 7.12. The van der Waals surface area contributed by atoms with Gasteiger partial charge in [-0.1, -0.05) is 25.4 Å². The fourth-order valence-corrected chi connectivity index (χ4v) is 2.06. The van der Waals surface area contributed by atoms with E-state index in [1.165, 1.54) is 0 Å². The van der Waals surface area contributed by atoms with Gasteiger partial charge in [0.2, 0.25) is 0 Å². The smallest absolute Gasteiger partial charge is 0.252 e. The van der Waals surface area contributed by atoms with Crippen LogP contribution < -0.4 is 5.32 Å². The van der Waals surface area contributed by atoms with Gasteiger partial charge in [0.25, 0.3) is 5.91 Å². The molecule has 18 heavy (non-hydrogen) atoms. The van der Waals surface area contributed by atoms with Crippen LogP contribution in [0.3, 0.4) is 0 Å². The molecule has 0 aliphatic rings. The number of nitriles is 1. The Morgan fingerprint density at radius 3 is 2.56 bits per heavy atom. The van der Waals surface area contributed by atoms with Crippen molar-refractivity contribution in [2.24, 2.45) is 0 Å². The summed E-state index contributed by atoms with van der Waals surface area (Å²) in [5.41, 5.74) is -0.325. The first kappa shape index (κ1) is 15.3. The van der Waals surface area contributed by atoms with Crippen molar-refractivity contribution in [3.05, 3.63) is 32.4 Å². The fourth-order valence-electron chi connectivity index (χ4n) is 1.54. The van der Waals surface area contributed by atoms with Crippen molar-refractivity contribution in [1.82, 2.24) is 5.32 Å². The molecular weight excluding hydrogens is 363 g/mol. The molecule has 96 valence electrons. The zero-order valence-corrected chi connectivity index (χ0v) is 13.2. The summed E-state index contributed by atoms with van der Waals surface area (Å²) in [5.74, 6) is -0.265. The first-order valence-electron chi connectivity index (χ1n) is 5.67. The molecule has 0 atom stereocenters. The molecule has 0 fully saturated rings. The van der Waals surface area contributed by atoms with Gasteiger partial charge in [0.1, 0.15) is 5.54 Å². The summed E-state index contributed by atoms with van der Waals surface area (Å²) in [6, 6.07) is 7.28. The van der Waals surface area contributed by atoms with Gasteiger partial charge in [0.15, 0.2) is 0 Å². The quantitative estimate of drug-likeness (QED) is 0.814. The van der Waals surface area contributed by atoms with Gasteiger partial charge in [0.05, 0.1) is 11.1 Å². The number of benzene rings is 1. The lowest BCUT2D eigenvalue weighted by atomic mass is 9.94. The summed E-state index contributed by atoms with van der Waals surface area (Å²) in [6.45, 7) is 3.77. The van der Waals surface area contributed by atoms with Crippen molar-refractivity contribution in [3.8, 4) is 6.07 Å². The highest BCUT2D eigenvalue weighted by Crippen LogP contribution is 2.21. The van der Waals surface area contributed by atoms with Crippen LogP contribution in [0.15, 0.2) is 18.2 Å². The van der Waals surface area contributed by atoms with Gasteiger partial charge in [-0.3, -0.25) is 4.79 Å². The molecule has 0 radical (unpaired) electrons. The molecule has 0 spiro atoms. The highest BCUT2D eigenvalue weighted by molar-refractivity contribution is 14.1. The third-order valence-corrected chi connectivity index (χ3v) is 4.53. The number of halogens is 2. The molecule has 1 aromatic carbocycles. The third-order valence-electron chi connectivity index (χ3n) is 2.96. The first-order chi connectivity index (χ1) is 8.48. The van der Waals surface area contributed by atoms with E-state index in [0.717, 1.165) is 3.57 Å². The second kappa shape index (κ2) is 6.39. The van der Waals surface area contributed by atoms with Crippen LogP contribution in [0.2, 0.25) is 5.02 Å². The number of hydrogen-bond donors (Lipinski definition) is 1. The highest BCUT2D eigenvalue weighted by Gasteiger charge is 2.28. The summed E-state index contributed by atoms with van der Waals surface area (Å²) in [5, 5.41) is 12.5. The second-order valence-corrected chi connectivity index (χ2v) is 5.55. The molecule has 3 nitrogen and oxygen atoms in total. The lowest BCUT2D eigenvalue weighted by Crippen LogP contribution is -2.46. The predicted molar refractivity (Wildman–Crippen MR) is 80.6 cm³/mol. The molecule has 0 aromatic heterocycles. The number of amides is 1. The molecule has 0 saturated heterocycles. The van der Waals surface area contributed by atoms with Crippen LogP contribution in [0.25, 0.3) is 0 Å². The Hall–Kier alpha value is -0.800. The minimum atomic E-state index is -0.799. The minimum Gasteiger partial charge on any atom is -0.334 e. The van der Waals surface area contributed by atoms with E-state index in [-0.39, 0.29) is 5.91 Å². The molecule has 1 rings (SSSR count). The van der Waals surface area contributed by atoms with E-state index < -0.39 is 5.54 Å². The van der Waals surface area contributed by atoms with E-state index in [0.29, 0.717) is 23.4 Å². The second-order valence-electron chi connectivity index (χ2n) is 3.98. The molecule has 0 aliphatic heterocycles. The van der Waals surface area contributed by atoms with Gasteiger partial charge >= 0.3 is 0 Å². The Balaban J connectivity index is 2.95. The van der Waals surface area contributed by atoms with Crippen LogP contribution in [0.4, 0.5) is 0 Å². The summed E-state index contributed by atoms with van der Waals surface area (Å²) >= 11 is 8.08. The van der Waals surface area contributed by atoms with Gasteiger partial charge in [-0.25, -0.2) is 0 Å². The third kappa shape index (κ3) is 3.36. The summed E-state index contributed by atoms with van der Waals surface area (Å²) in [7, 11) is 0. The lowest BCUT2D eigenvalue weighted by Gasteiger charge is -2.24. The summed E-state index contributed by atoms with van der Waals surface area (Å²) in [4.78, 5) is 12.1. The van der Waals surface area contributed by atoms with Crippen molar-refractivity contribution in [2.75, 3.05) is 0 Å². The van der Waals surface area contributed by atoms with E-state index >= 15 is 0 Å². The molecule has 0 heterocycles. The summed E-state index contributed by atoms with van der Waals surface area (Å²) < 4.78 is 0.892. The van der Waals surface area contributed by atoms with E-state index in [4.69, 9.17) is 11.6 Å². The number of hydrogen-bond acceptors (Lipinski definition) is 2. The van der Waals surface area contributed by atoms with E-state index in [1.54, 1.807) is 18.2 Å². The van der Waals surface area contributed by atoms with Crippen LogP contribution in [0.5, 0.6) is 0 Å². The maximum Gasteiger partial charge on any atom is 0.252 e. The Kier molecular flexibility index (Phi) is 5.42. The minimum absolute atomic E-state index is 0.265. The topological polar surface area (TPSA) is 52.9 Å². The average molecular weight is 377 g/mol. The summed E-state index contributed by atoms with van der Waals surface area (Å²) in [6.07, 6.45) is 1.15. The van der Waals surface area contributed by atoms with Crippen LogP contribution >= 0.6 is 34.2 Å². The van der Waals surface area contributed by atoms with Crippen molar-refractivity contribution in [3.63, 3.8) is 0 Å². The molecule has 0 saturated carbocycles. The molecule has 1 N–H and O–H groups in total. The van der Waals surface area contributed by atoms with Crippen molar-refractivity contribution in [1.29, 1.82) is 5.26 Å². The predicted octanol–water partition coefficient (Wildman–Crippen LogP) is 3.76. The van der Waals surface area contributed by atoms with Crippen molar-refractivity contribution in [2.45, 2.75) is 32.2 Å². The van der Waals surface area contributed by atoms with E-state index in [2.05, 4.69) is 34.0 Å². The molecule has 0 aliphatic carbocycles. The number of carbonyl (C=O) groups excluding carboxylic acids is 1. The van der Waals surface area contributed by atoms with Crippen LogP contribution in [-0.2, 0) is 0 Å². The maximum absolute atomic E-state index is 12.1. The molecule has 0 unspecified atom stereocenters. The number of rotatable bonds is 4. The van der Waals surface area contributed by atoms with Crippen molar-refractivity contribution < 1.29 is 4.79 Å². The molecule has 0 bridgehead atoms. The van der Waals surface area contributed by atoms with E-state index in [9.17, 15) is 10.1 Å². The monoisotopic (exact) mass is 376 g/mol. The lowest BCUT2D eigenvalue weighted by molar-refractivity contribution is 0.0915. The Morgan fingerprint density at radius 1 is 1.50 bits per heavy atom. The molecule has 1 amide bonds. The zero-order chi connectivity index (χ0) is 13.8. The highest BCUT2D eigenvalue weighted by atomic mass is 127. The van der Waals surface area contributed by atoms with Gasteiger partial charge in [-0.05, 0) is 53.6 Å². The van der Waals surface area contributed by atoms with Crippen LogP contribution in [0, 0.1) is 14.9 Å². The van der Waals surface area contributed by atoms with Crippen LogP contribution in [-0.4, -0.2) is 11.4 Å². The van der Waals surface area contributed by atoms with E-state index in [1.807, 2.05) is 13.8 Å². The van der Waals surface area contributed by atoms with Crippen LogP contribution in [0.1, 0.15) is 37.0 Å². The van der Waals surface area contributed by atoms with Gasteiger partial charge in [-0.2, -0.15) is 5.26 Å². The largest absolute Gasteiger partial charge is 0.334 e. The van der Waals surface area contributed by atoms with Gasteiger partial charge < -0.3 is 5.32 Å². The van der Waals surface area contributed by atoms with Crippen molar-refractivity contribution >= 4 is 40.1 Å². The Labute approximate surface area is 126 Å². The fraction of sp³-hybridized carbons (Fsp3) is 0.385. The Bertz CT molecular complexity index is 492. The SMILES string of the molecule is CCC(C#N)(CC)NC(=O)c1ccc(I)c(Cl)c1. The van der Waals surface area contributed by atoms with Gasteiger partial charge in [-0.15, -0.1) is 0 Å². The normalized spacial score (nSPS) is 10.8. The Morgan fingerprint density at radius 2 is 2.11 bits per heavy atom. The maximum atomic E-state index is 12.1. The molecule has 1 aromatic rings. The van der Waals surface area contributed by atoms with Gasteiger partial charge in [0, 0.05) is 9.13 Å². The number of nitrogens with one attached hydrogen (secondary N) is 1. The molecule has 5 heteroatoms. The molecular formula is C13H14ClIN2O.